The fourth-order valence-electron chi connectivity index (χ4n) is 3.30. The first-order valence-corrected chi connectivity index (χ1v) is 10.2. The molecule has 31 heavy (non-hydrogen) atoms. The topological polar surface area (TPSA) is 136 Å². The number of nitrogens with one attached hydrogen (secondary N) is 2. The molecule has 0 saturated heterocycles. The van der Waals surface area contributed by atoms with Crippen molar-refractivity contribution < 1.29 is 32.2 Å². The predicted octanol–water partition coefficient (Wildman–Crippen LogP) is 1.01. The highest BCUT2D eigenvalue weighted by Crippen LogP contribution is 2.33. The third kappa shape index (κ3) is 4.90. The highest BCUT2D eigenvalue weighted by atomic mass is 32.2. The zero-order valence-corrected chi connectivity index (χ0v) is 17.1. The smallest absolute Gasteiger partial charge is 0.534 e. The van der Waals surface area contributed by atoms with Crippen LogP contribution < -0.4 is 19.8 Å². The molecular formula is C18H19BF2N4O5S. The lowest BCUT2D eigenvalue weighted by Gasteiger charge is -2.33. The average molecular weight is 452 g/mol. The first kappa shape index (κ1) is 22.8. The van der Waals surface area contributed by atoms with E-state index in [1.165, 1.54) is 31.5 Å². The van der Waals surface area contributed by atoms with E-state index in [0.29, 0.717) is 5.56 Å². The lowest BCUT2D eigenvalue weighted by molar-refractivity contribution is 0.0688. The third-order valence-corrected chi connectivity index (χ3v) is 5.12. The van der Waals surface area contributed by atoms with E-state index in [4.69, 9.17) is 14.4 Å². The Morgan fingerprint density at radius 1 is 1.45 bits per heavy atom. The number of carboxylic acids is 1. The standard InChI is InChI=1S/C18H19BF2N4O5S/c1-9(15(25-31(22)28)16-12(21)4-3-7-23-16)24-13-8-10-5-6-11(20)14(18(26)27)17(10)30-19(13)29-2/h3-7,13,15,24-25H,1,8,22H2,2H3,(H,26,27). The van der Waals surface area contributed by atoms with Crippen molar-refractivity contribution in [2.45, 2.75) is 18.4 Å². The van der Waals surface area contributed by atoms with Crippen molar-refractivity contribution in [3.05, 3.63) is 71.2 Å². The highest BCUT2D eigenvalue weighted by molar-refractivity contribution is 7.80. The second kappa shape index (κ2) is 9.51. The van der Waals surface area contributed by atoms with Crippen LogP contribution in [-0.2, 0) is 22.2 Å². The molecule has 3 unspecified atom stereocenters. The van der Waals surface area contributed by atoms with Crippen molar-refractivity contribution in [2.75, 3.05) is 7.11 Å². The van der Waals surface area contributed by atoms with Crippen LogP contribution in [0.15, 0.2) is 42.7 Å². The van der Waals surface area contributed by atoms with Gasteiger partial charge in [0, 0.05) is 19.0 Å². The summed E-state index contributed by atoms with van der Waals surface area (Å²) in [5.74, 6) is -3.82. The Balaban J connectivity index is 1.89. The molecule has 2 heterocycles. The van der Waals surface area contributed by atoms with E-state index in [1.54, 1.807) is 0 Å². The van der Waals surface area contributed by atoms with Gasteiger partial charge in [0.15, 0.2) is 11.2 Å². The minimum absolute atomic E-state index is 0.0832. The number of fused-ring (bicyclic) bond motifs is 1. The van der Waals surface area contributed by atoms with Gasteiger partial charge in [0.05, 0.1) is 11.6 Å². The molecule has 0 fully saturated rings. The summed E-state index contributed by atoms with van der Waals surface area (Å²) in [6, 6.07) is 3.97. The number of nitrogens with two attached hydrogens (primary N) is 1. The maximum Gasteiger partial charge on any atom is 0.549 e. The van der Waals surface area contributed by atoms with E-state index in [-0.39, 0.29) is 23.6 Å². The second-order valence-corrected chi connectivity index (χ2v) is 7.47. The van der Waals surface area contributed by atoms with Crippen LogP contribution in [0.2, 0.25) is 0 Å². The van der Waals surface area contributed by atoms with Crippen LogP contribution in [0.1, 0.15) is 27.7 Å². The Hall–Kier alpha value is -2.87. The SMILES string of the molecule is C=C(NC1Cc2ccc(F)c(C(=O)O)c2OB1OC)C(NS(N)=O)c1ncccc1F. The number of aromatic carboxylic acids is 1. The van der Waals surface area contributed by atoms with Gasteiger partial charge < -0.3 is 19.7 Å². The molecule has 0 bridgehead atoms. The lowest BCUT2D eigenvalue weighted by atomic mass is 9.71. The molecule has 3 rings (SSSR count). The summed E-state index contributed by atoms with van der Waals surface area (Å²) in [7, 11) is 0.303. The molecule has 0 aliphatic carbocycles. The summed E-state index contributed by atoms with van der Waals surface area (Å²) >= 11 is -2.02. The third-order valence-electron chi connectivity index (χ3n) is 4.65. The monoisotopic (exact) mass is 452 g/mol. The number of rotatable bonds is 8. The van der Waals surface area contributed by atoms with Crippen molar-refractivity contribution in [1.29, 1.82) is 0 Å². The zero-order chi connectivity index (χ0) is 22.7. The minimum atomic E-state index is -2.02. The molecular weight excluding hydrogens is 433 g/mol. The fourth-order valence-corrected chi connectivity index (χ4v) is 3.79. The first-order valence-electron chi connectivity index (χ1n) is 8.95. The molecule has 164 valence electrons. The van der Waals surface area contributed by atoms with Gasteiger partial charge in [0.25, 0.3) is 0 Å². The van der Waals surface area contributed by atoms with E-state index >= 15 is 0 Å². The van der Waals surface area contributed by atoms with Crippen LogP contribution in [0, 0.1) is 11.6 Å². The number of pyridine rings is 1. The van der Waals surface area contributed by atoms with Gasteiger partial charge in [-0.05, 0) is 30.2 Å². The Labute approximate surface area is 179 Å². The highest BCUT2D eigenvalue weighted by Gasteiger charge is 2.40. The summed E-state index contributed by atoms with van der Waals surface area (Å²) in [5.41, 5.74) is -0.0880. The summed E-state index contributed by atoms with van der Waals surface area (Å²) in [4.78, 5) is 15.4. The van der Waals surface area contributed by atoms with Crippen LogP contribution in [0.4, 0.5) is 8.78 Å². The summed E-state index contributed by atoms with van der Waals surface area (Å²) < 4.78 is 53.2. The van der Waals surface area contributed by atoms with E-state index < -0.39 is 53.4 Å². The molecule has 0 saturated carbocycles. The van der Waals surface area contributed by atoms with Gasteiger partial charge in [0.1, 0.15) is 29.0 Å². The van der Waals surface area contributed by atoms with E-state index in [9.17, 15) is 22.9 Å². The summed E-state index contributed by atoms with van der Waals surface area (Å²) in [6.45, 7) is 3.87. The minimum Gasteiger partial charge on any atom is -0.534 e. The van der Waals surface area contributed by atoms with Crippen LogP contribution >= 0.6 is 0 Å². The molecule has 5 N–H and O–H groups in total. The summed E-state index contributed by atoms with van der Waals surface area (Å²) in [5, 5.41) is 17.7. The molecule has 13 heteroatoms. The molecule has 1 aromatic heterocycles. The quantitative estimate of drug-likeness (QED) is 0.439. The number of benzene rings is 1. The Morgan fingerprint density at radius 2 is 2.19 bits per heavy atom. The number of hydrogen-bond donors (Lipinski definition) is 4. The molecule has 1 aromatic carbocycles. The Bertz CT molecular complexity index is 1040. The number of aromatic nitrogens is 1. The van der Waals surface area contributed by atoms with Gasteiger partial charge in [-0.15, -0.1) is 0 Å². The average Bonchev–Trinajstić information content (AvgIpc) is 2.71. The van der Waals surface area contributed by atoms with Gasteiger partial charge in [-0.25, -0.2) is 27.6 Å². The first-order chi connectivity index (χ1) is 14.7. The number of nitrogens with zero attached hydrogens (tertiary/aromatic N) is 1. The Morgan fingerprint density at radius 3 is 2.81 bits per heavy atom. The normalized spacial score (nSPS) is 17.3. The van der Waals surface area contributed by atoms with Crippen molar-refractivity contribution in [3.63, 3.8) is 0 Å². The zero-order valence-electron chi connectivity index (χ0n) is 16.3. The van der Waals surface area contributed by atoms with Crippen molar-refractivity contribution >= 4 is 24.3 Å². The van der Waals surface area contributed by atoms with E-state index in [1.807, 2.05) is 0 Å². The van der Waals surface area contributed by atoms with Gasteiger partial charge >= 0.3 is 13.1 Å². The predicted molar refractivity (Wildman–Crippen MR) is 109 cm³/mol. The van der Waals surface area contributed by atoms with Crippen molar-refractivity contribution in [2.24, 2.45) is 5.14 Å². The number of carboxylic acid groups (broad SMARTS) is 1. The van der Waals surface area contributed by atoms with Gasteiger partial charge in [-0.1, -0.05) is 12.6 Å². The molecule has 9 nitrogen and oxygen atoms in total. The molecule has 1 aliphatic rings. The maximum absolute atomic E-state index is 14.3. The molecule has 0 amide bonds. The molecule has 2 aromatic rings. The van der Waals surface area contributed by atoms with Crippen molar-refractivity contribution in [3.8, 4) is 5.75 Å². The van der Waals surface area contributed by atoms with Gasteiger partial charge in [-0.3, -0.25) is 4.98 Å². The molecule has 0 spiro atoms. The second-order valence-electron chi connectivity index (χ2n) is 6.64. The molecule has 0 radical (unpaired) electrons. The van der Waals surface area contributed by atoms with Crippen LogP contribution in [0.5, 0.6) is 5.75 Å². The fraction of sp³-hybridized carbons (Fsp3) is 0.222. The van der Waals surface area contributed by atoms with Crippen LogP contribution in [0.25, 0.3) is 0 Å². The number of carbonyl (C=O) groups is 1. The van der Waals surface area contributed by atoms with Crippen LogP contribution in [0.3, 0.4) is 0 Å². The lowest BCUT2D eigenvalue weighted by Crippen LogP contribution is -2.53. The van der Waals surface area contributed by atoms with E-state index in [2.05, 4.69) is 21.6 Å². The maximum atomic E-state index is 14.3. The Kier molecular flexibility index (Phi) is 7.00. The number of halogens is 2. The molecule has 3 atom stereocenters. The number of hydrogen-bond acceptors (Lipinski definition) is 6. The van der Waals surface area contributed by atoms with Crippen molar-refractivity contribution in [1.82, 2.24) is 15.0 Å². The largest absolute Gasteiger partial charge is 0.549 e. The van der Waals surface area contributed by atoms with Crippen LogP contribution in [-0.4, -0.2) is 40.4 Å². The van der Waals surface area contributed by atoms with Gasteiger partial charge in [-0.2, -0.15) is 0 Å². The van der Waals surface area contributed by atoms with E-state index in [0.717, 1.165) is 6.07 Å². The molecule has 1 aliphatic heterocycles. The van der Waals surface area contributed by atoms with Gasteiger partial charge in [0.2, 0.25) is 0 Å². The summed E-state index contributed by atoms with van der Waals surface area (Å²) in [6.07, 6.45) is 1.54.